The molecule has 0 spiro atoms. The third-order valence-corrected chi connectivity index (χ3v) is 7.46. The highest BCUT2D eigenvalue weighted by Crippen LogP contribution is 2.34. The van der Waals surface area contributed by atoms with E-state index in [9.17, 15) is 8.42 Å². The minimum atomic E-state index is -3.56. The molecule has 0 atom stereocenters. The van der Waals surface area contributed by atoms with Gasteiger partial charge in [-0.15, -0.1) is 11.3 Å². The van der Waals surface area contributed by atoms with Gasteiger partial charge in [-0.3, -0.25) is 0 Å². The largest absolute Gasteiger partial charge is 0.493 e. The van der Waals surface area contributed by atoms with Gasteiger partial charge in [0.15, 0.2) is 0 Å². The van der Waals surface area contributed by atoms with Crippen molar-refractivity contribution in [3.8, 4) is 5.75 Å². The number of ether oxygens (including phenoxy) is 1. The third kappa shape index (κ3) is 2.84. The van der Waals surface area contributed by atoms with E-state index in [1.807, 2.05) is 42.6 Å². The summed E-state index contributed by atoms with van der Waals surface area (Å²) >= 11 is 1.71. The van der Waals surface area contributed by atoms with Crippen molar-refractivity contribution in [3.63, 3.8) is 0 Å². The maximum atomic E-state index is 13.3. The Morgan fingerprint density at radius 3 is 2.72 bits per heavy atom. The molecule has 0 aliphatic carbocycles. The zero-order valence-corrected chi connectivity index (χ0v) is 15.6. The summed E-state index contributed by atoms with van der Waals surface area (Å²) in [7, 11) is -3.56. The molecule has 0 amide bonds. The van der Waals surface area contributed by atoms with Gasteiger partial charge in [-0.2, -0.15) is 4.31 Å². The molecule has 0 saturated heterocycles. The van der Waals surface area contributed by atoms with E-state index >= 15 is 0 Å². The van der Waals surface area contributed by atoms with Crippen LogP contribution in [-0.2, 0) is 23.0 Å². The van der Waals surface area contributed by atoms with Crippen LogP contribution in [-0.4, -0.2) is 25.9 Å². The minimum Gasteiger partial charge on any atom is -0.493 e. The van der Waals surface area contributed by atoms with Crippen LogP contribution in [0.25, 0.3) is 10.8 Å². The van der Waals surface area contributed by atoms with Crippen LogP contribution < -0.4 is 4.74 Å². The standard InChI is InChI=1S/C19H19NO3S2/c1-2-23-17-7-8-19(16-6-4-3-5-15(16)17)25(21,22)20-11-9-18-14(13-20)10-12-24-18/h3-8,10,12H,2,9,11,13H2,1H3. The van der Waals surface area contributed by atoms with E-state index in [4.69, 9.17) is 4.74 Å². The highest BCUT2D eigenvalue weighted by atomic mass is 32.2. The second kappa shape index (κ2) is 6.44. The summed E-state index contributed by atoms with van der Waals surface area (Å²) in [5, 5.41) is 3.58. The number of thiophene rings is 1. The third-order valence-electron chi connectivity index (χ3n) is 4.53. The highest BCUT2D eigenvalue weighted by Gasteiger charge is 2.30. The average Bonchev–Trinajstić information content (AvgIpc) is 3.10. The van der Waals surface area contributed by atoms with E-state index in [1.165, 1.54) is 4.88 Å². The quantitative estimate of drug-likeness (QED) is 0.693. The Morgan fingerprint density at radius 2 is 1.92 bits per heavy atom. The Hall–Kier alpha value is -1.89. The van der Waals surface area contributed by atoms with Gasteiger partial charge >= 0.3 is 0 Å². The van der Waals surface area contributed by atoms with Crippen molar-refractivity contribution in [2.45, 2.75) is 24.8 Å². The Balaban J connectivity index is 1.80. The van der Waals surface area contributed by atoms with E-state index < -0.39 is 10.0 Å². The van der Waals surface area contributed by atoms with Crippen LogP contribution in [0.3, 0.4) is 0 Å². The number of hydrogen-bond donors (Lipinski definition) is 0. The van der Waals surface area contributed by atoms with Crippen molar-refractivity contribution in [2.24, 2.45) is 0 Å². The zero-order valence-electron chi connectivity index (χ0n) is 13.9. The van der Waals surface area contributed by atoms with Gasteiger partial charge in [0.25, 0.3) is 0 Å². The topological polar surface area (TPSA) is 46.6 Å². The van der Waals surface area contributed by atoms with Gasteiger partial charge in [-0.1, -0.05) is 24.3 Å². The van der Waals surface area contributed by atoms with Crippen LogP contribution in [0.15, 0.2) is 52.7 Å². The molecule has 25 heavy (non-hydrogen) atoms. The molecule has 0 unspecified atom stereocenters. The zero-order chi connectivity index (χ0) is 17.4. The molecule has 0 fully saturated rings. The molecule has 6 heteroatoms. The second-order valence-electron chi connectivity index (χ2n) is 6.00. The SMILES string of the molecule is CCOc1ccc(S(=O)(=O)N2CCc3sccc3C2)c2ccccc12. The smallest absolute Gasteiger partial charge is 0.244 e. The van der Waals surface area contributed by atoms with Crippen LogP contribution in [0.4, 0.5) is 0 Å². The molecule has 0 saturated carbocycles. The van der Waals surface area contributed by atoms with Crippen molar-refractivity contribution >= 4 is 32.1 Å². The van der Waals surface area contributed by atoms with Gasteiger partial charge < -0.3 is 4.74 Å². The van der Waals surface area contributed by atoms with Crippen molar-refractivity contribution in [3.05, 3.63) is 58.3 Å². The van der Waals surface area contributed by atoms with Crippen molar-refractivity contribution in [1.82, 2.24) is 4.31 Å². The maximum absolute atomic E-state index is 13.3. The van der Waals surface area contributed by atoms with Gasteiger partial charge in [0, 0.05) is 28.7 Å². The van der Waals surface area contributed by atoms with Gasteiger partial charge in [0.05, 0.1) is 11.5 Å². The molecule has 1 aromatic heterocycles. The van der Waals surface area contributed by atoms with E-state index in [0.29, 0.717) is 30.0 Å². The molecule has 4 rings (SSSR count). The lowest BCUT2D eigenvalue weighted by Gasteiger charge is -2.27. The highest BCUT2D eigenvalue weighted by molar-refractivity contribution is 7.89. The summed E-state index contributed by atoms with van der Waals surface area (Å²) in [6.45, 7) is 3.44. The second-order valence-corrected chi connectivity index (χ2v) is 8.91. The fourth-order valence-corrected chi connectivity index (χ4v) is 5.82. The predicted octanol–water partition coefficient (Wildman–Crippen LogP) is 4.05. The van der Waals surface area contributed by atoms with Crippen LogP contribution in [0.1, 0.15) is 17.4 Å². The monoisotopic (exact) mass is 373 g/mol. The van der Waals surface area contributed by atoms with E-state index in [2.05, 4.69) is 0 Å². The molecule has 0 bridgehead atoms. The van der Waals surface area contributed by atoms with Crippen molar-refractivity contribution in [1.29, 1.82) is 0 Å². The van der Waals surface area contributed by atoms with Gasteiger partial charge in [-0.05, 0) is 42.5 Å². The number of fused-ring (bicyclic) bond motifs is 2. The molecule has 0 N–H and O–H groups in total. The first-order chi connectivity index (χ1) is 12.1. The molecule has 130 valence electrons. The Bertz CT molecular complexity index is 1020. The van der Waals surface area contributed by atoms with Crippen molar-refractivity contribution < 1.29 is 13.2 Å². The van der Waals surface area contributed by atoms with Crippen LogP contribution in [0.5, 0.6) is 5.75 Å². The molecule has 3 aromatic rings. The molecule has 1 aliphatic rings. The van der Waals surface area contributed by atoms with Crippen molar-refractivity contribution in [2.75, 3.05) is 13.2 Å². The fourth-order valence-electron chi connectivity index (χ4n) is 3.32. The maximum Gasteiger partial charge on any atom is 0.244 e. The minimum absolute atomic E-state index is 0.352. The van der Waals surface area contributed by atoms with Gasteiger partial charge in [-0.25, -0.2) is 8.42 Å². The molecule has 4 nitrogen and oxygen atoms in total. The average molecular weight is 373 g/mol. The number of benzene rings is 2. The summed E-state index contributed by atoms with van der Waals surface area (Å²) in [4.78, 5) is 1.65. The number of rotatable bonds is 4. The summed E-state index contributed by atoms with van der Waals surface area (Å²) in [6.07, 6.45) is 0.779. The fraction of sp³-hybridized carbons (Fsp3) is 0.263. The van der Waals surface area contributed by atoms with Crippen LogP contribution >= 0.6 is 11.3 Å². The summed E-state index contributed by atoms with van der Waals surface area (Å²) in [5.41, 5.74) is 1.12. The lowest BCUT2D eigenvalue weighted by atomic mass is 10.1. The normalized spacial score (nSPS) is 15.2. The summed E-state index contributed by atoms with van der Waals surface area (Å²) in [6, 6.07) is 13.0. The lowest BCUT2D eigenvalue weighted by molar-refractivity contribution is 0.344. The molecular weight excluding hydrogens is 354 g/mol. The predicted molar refractivity (Wildman–Crippen MR) is 101 cm³/mol. The van der Waals surface area contributed by atoms with Crippen LogP contribution in [0, 0.1) is 0 Å². The van der Waals surface area contributed by atoms with Crippen LogP contribution in [0.2, 0.25) is 0 Å². The van der Waals surface area contributed by atoms with E-state index in [0.717, 1.165) is 23.1 Å². The number of nitrogens with zero attached hydrogens (tertiary/aromatic N) is 1. The van der Waals surface area contributed by atoms with Gasteiger partial charge in [0.1, 0.15) is 5.75 Å². The van der Waals surface area contributed by atoms with Gasteiger partial charge in [0.2, 0.25) is 10.0 Å². The number of hydrogen-bond acceptors (Lipinski definition) is 4. The Morgan fingerprint density at radius 1 is 1.12 bits per heavy atom. The lowest BCUT2D eigenvalue weighted by Crippen LogP contribution is -2.35. The van der Waals surface area contributed by atoms with E-state index in [1.54, 1.807) is 27.8 Å². The molecular formula is C19H19NO3S2. The molecule has 1 aliphatic heterocycles. The summed E-state index contributed by atoms with van der Waals surface area (Å²) in [5.74, 6) is 0.718. The first-order valence-corrected chi connectivity index (χ1v) is 10.6. The first-order valence-electron chi connectivity index (χ1n) is 8.31. The summed E-state index contributed by atoms with van der Waals surface area (Å²) < 4.78 is 33.8. The first kappa shape index (κ1) is 16.6. The Labute approximate surface area is 151 Å². The Kier molecular flexibility index (Phi) is 4.27. The van der Waals surface area contributed by atoms with E-state index in [-0.39, 0.29) is 0 Å². The number of sulfonamides is 1. The molecule has 0 radical (unpaired) electrons. The molecule has 2 heterocycles. The molecule has 2 aromatic carbocycles.